The maximum absolute atomic E-state index is 12.4. The zero-order valence-electron chi connectivity index (χ0n) is 13.9. The number of aliphatic hydroxyl groups is 1. The number of hydrogen-bond donors (Lipinski definition) is 2. The average Bonchev–Trinajstić information content (AvgIpc) is 2.54. The lowest BCUT2D eigenvalue weighted by molar-refractivity contribution is -0.201. The summed E-state index contributed by atoms with van der Waals surface area (Å²) in [5.41, 5.74) is 1.01. The maximum Gasteiger partial charge on any atom is 0.416 e. The molecule has 138 valence electrons. The van der Waals surface area contributed by atoms with Crippen LogP contribution in [0.25, 0.3) is 10.8 Å². The molecule has 0 radical (unpaired) electrons. The highest BCUT2D eigenvalue weighted by atomic mass is 127. The number of guanidine groups is 1. The molecule has 0 spiro atoms. The van der Waals surface area contributed by atoms with Gasteiger partial charge in [0.2, 0.25) is 0 Å². The minimum absolute atomic E-state index is 0. The molecule has 0 aliphatic rings. The number of rotatable bonds is 4. The molecule has 0 aliphatic heterocycles. The standard InChI is InChI=1S/C17H20F3N3O.HI/c1-21-16(22-10-15(24)17(18,19)20)23(2)11-12-7-8-13-5-3-4-6-14(13)9-12;/h3-9,15,24H,10-11H2,1-2H3,(H,21,22);1H. The number of nitrogens with zero attached hydrogens (tertiary/aromatic N) is 2. The van der Waals surface area contributed by atoms with Gasteiger partial charge in [0, 0.05) is 20.6 Å². The molecule has 0 amide bonds. The van der Waals surface area contributed by atoms with Crippen LogP contribution in [0, 0.1) is 0 Å². The Morgan fingerprint density at radius 3 is 2.44 bits per heavy atom. The van der Waals surface area contributed by atoms with E-state index in [1.54, 1.807) is 11.9 Å². The summed E-state index contributed by atoms with van der Waals surface area (Å²) >= 11 is 0. The molecule has 2 N–H and O–H groups in total. The van der Waals surface area contributed by atoms with Crippen LogP contribution in [0.4, 0.5) is 13.2 Å². The van der Waals surface area contributed by atoms with Crippen molar-refractivity contribution in [3.8, 4) is 0 Å². The number of fused-ring (bicyclic) bond motifs is 1. The molecular formula is C17H21F3IN3O. The summed E-state index contributed by atoms with van der Waals surface area (Å²) in [7, 11) is 3.21. The SMILES string of the molecule is CN=C(NCC(O)C(F)(F)F)N(C)Cc1ccc2ccccc2c1.I. The Morgan fingerprint density at radius 1 is 1.20 bits per heavy atom. The third-order valence-electron chi connectivity index (χ3n) is 3.64. The molecule has 0 saturated heterocycles. The molecule has 2 aromatic carbocycles. The van der Waals surface area contributed by atoms with Gasteiger partial charge in [0.25, 0.3) is 0 Å². The zero-order chi connectivity index (χ0) is 17.7. The van der Waals surface area contributed by atoms with Crippen LogP contribution < -0.4 is 5.32 Å². The molecule has 0 aromatic heterocycles. The van der Waals surface area contributed by atoms with Crippen LogP contribution in [0.3, 0.4) is 0 Å². The first kappa shape index (κ1) is 21.5. The summed E-state index contributed by atoms with van der Waals surface area (Å²) in [6, 6.07) is 13.9. The van der Waals surface area contributed by atoms with Crippen molar-refractivity contribution < 1.29 is 18.3 Å². The number of alkyl halides is 3. The molecule has 0 aliphatic carbocycles. The summed E-state index contributed by atoms with van der Waals surface area (Å²) in [5, 5.41) is 13.8. The minimum Gasteiger partial charge on any atom is -0.382 e. The number of halogens is 4. The number of nitrogens with one attached hydrogen (secondary N) is 1. The number of aliphatic imine (C=N–C) groups is 1. The summed E-state index contributed by atoms with van der Waals surface area (Å²) in [4.78, 5) is 5.66. The van der Waals surface area contributed by atoms with Crippen molar-refractivity contribution >= 4 is 40.7 Å². The van der Waals surface area contributed by atoms with Gasteiger partial charge in [-0.05, 0) is 22.4 Å². The van der Waals surface area contributed by atoms with Gasteiger partial charge in [-0.1, -0.05) is 36.4 Å². The molecule has 1 unspecified atom stereocenters. The lowest BCUT2D eigenvalue weighted by atomic mass is 10.1. The second kappa shape index (κ2) is 9.23. The van der Waals surface area contributed by atoms with Gasteiger partial charge >= 0.3 is 6.18 Å². The smallest absolute Gasteiger partial charge is 0.382 e. The summed E-state index contributed by atoms with van der Waals surface area (Å²) in [6.07, 6.45) is -7.08. The fraction of sp³-hybridized carbons (Fsp3) is 0.353. The Hall–Kier alpha value is -1.55. The fourth-order valence-electron chi connectivity index (χ4n) is 2.37. The van der Waals surface area contributed by atoms with Gasteiger partial charge in [-0.2, -0.15) is 13.2 Å². The first-order valence-electron chi connectivity index (χ1n) is 7.45. The Morgan fingerprint density at radius 2 is 1.84 bits per heavy atom. The van der Waals surface area contributed by atoms with E-state index >= 15 is 0 Å². The second-order valence-corrected chi connectivity index (χ2v) is 5.52. The molecular weight excluding hydrogens is 446 g/mol. The highest BCUT2D eigenvalue weighted by molar-refractivity contribution is 14.0. The second-order valence-electron chi connectivity index (χ2n) is 5.52. The van der Waals surface area contributed by atoms with Crippen molar-refractivity contribution in [3.05, 3.63) is 48.0 Å². The zero-order valence-corrected chi connectivity index (χ0v) is 16.2. The quantitative estimate of drug-likeness (QED) is 0.412. The van der Waals surface area contributed by atoms with Crippen molar-refractivity contribution in [2.75, 3.05) is 20.6 Å². The Kier molecular flexibility index (Phi) is 7.94. The van der Waals surface area contributed by atoms with Gasteiger partial charge in [-0.15, -0.1) is 24.0 Å². The highest BCUT2D eigenvalue weighted by Crippen LogP contribution is 2.19. The molecule has 4 nitrogen and oxygen atoms in total. The van der Waals surface area contributed by atoms with E-state index in [1.165, 1.54) is 7.05 Å². The van der Waals surface area contributed by atoms with Gasteiger partial charge in [0.05, 0.1) is 6.54 Å². The normalized spacial score (nSPS) is 13.3. The Balaban J connectivity index is 0.00000312. The molecule has 0 bridgehead atoms. The van der Waals surface area contributed by atoms with E-state index < -0.39 is 18.8 Å². The van der Waals surface area contributed by atoms with E-state index in [1.807, 2.05) is 42.5 Å². The van der Waals surface area contributed by atoms with E-state index in [0.29, 0.717) is 6.54 Å². The van der Waals surface area contributed by atoms with Crippen LogP contribution in [0.5, 0.6) is 0 Å². The van der Waals surface area contributed by atoms with Crippen molar-refractivity contribution in [1.82, 2.24) is 10.2 Å². The van der Waals surface area contributed by atoms with E-state index in [-0.39, 0.29) is 29.9 Å². The Labute approximate surface area is 161 Å². The minimum atomic E-state index is -4.65. The monoisotopic (exact) mass is 467 g/mol. The molecule has 0 saturated carbocycles. The van der Waals surface area contributed by atoms with Gasteiger partial charge in [0.1, 0.15) is 0 Å². The first-order valence-corrected chi connectivity index (χ1v) is 7.45. The van der Waals surface area contributed by atoms with E-state index in [0.717, 1.165) is 16.3 Å². The highest BCUT2D eigenvalue weighted by Gasteiger charge is 2.38. The van der Waals surface area contributed by atoms with Gasteiger partial charge in [-0.25, -0.2) is 0 Å². The lowest BCUT2D eigenvalue weighted by Gasteiger charge is -2.24. The van der Waals surface area contributed by atoms with Crippen LogP contribution in [0.15, 0.2) is 47.5 Å². The molecule has 1 atom stereocenters. The fourth-order valence-corrected chi connectivity index (χ4v) is 2.37. The predicted molar refractivity (Wildman–Crippen MR) is 104 cm³/mol. The molecule has 8 heteroatoms. The number of aliphatic hydroxyl groups excluding tert-OH is 1. The van der Waals surface area contributed by atoms with Crippen molar-refractivity contribution in [2.45, 2.75) is 18.8 Å². The van der Waals surface area contributed by atoms with Crippen LogP contribution in [0.1, 0.15) is 5.56 Å². The summed E-state index contributed by atoms with van der Waals surface area (Å²) < 4.78 is 37.1. The molecule has 0 heterocycles. The van der Waals surface area contributed by atoms with Gasteiger partial charge < -0.3 is 15.3 Å². The topological polar surface area (TPSA) is 47.9 Å². The summed E-state index contributed by atoms with van der Waals surface area (Å²) in [5.74, 6) is 0.284. The van der Waals surface area contributed by atoms with E-state index in [4.69, 9.17) is 5.11 Å². The largest absolute Gasteiger partial charge is 0.416 e. The molecule has 2 aromatic rings. The van der Waals surface area contributed by atoms with E-state index in [2.05, 4.69) is 10.3 Å². The molecule has 25 heavy (non-hydrogen) atoms. The van der Waals surface area contributed by atoms with Crippen LogP contribution >= 0.6 is 24.0 Å². The van der Waals surface area contributed by atoms with Crippen molar-refractivity contribution in [1.29, 1.82) is 0 Å². The number of hydrogen-bond acceptors (Lipinski definition) is 2. The first-order chi connectivity index (χ1) is 11.3. The predicted octanol–water partition coefficient (Wildman–Crippen LogP) is 3.39. The third kappa shape index (κ3) is 6.03. The third-order valence-corrected chi connectivity index (χ3v) is 3.64. The van der Waals surface area contributed by atoms with Gasteiger partial charge in [0.15, 0.2) is 12.1 Å². The molecule has 0 fully saturated rings. The maximum atomic E-state index is 12.4. The number of benzene rings is 2. The Bertz CT molecular complexity index is 722. The van der Waals surface area contributed by atoms with Crippen LogP contribution in [0.2, 0.25) is 0 Å². The van der Waals surface area contributed by atoms with Crippen LogP contribution in [-0.4, -0.2) is 48.9 Å². The van der Waals surface area contributed by atoms with Gasteiger partial charge in [-0.3, -0.25) is 4.99 Å². The summed E-state index contributed by atoms with van der Waals surface area (Å²) in [6.45, 7) is -0.162. The molecule has 2 rings (SSSR count). The van der Waals surface area contributed by atoms with E-state index in [9.17, 15) is 13.2 Å². The average molecular weight is 467 g/mol. The van der Waals surface area contributed by atoms with Crippen molar-refractivity contribution in [3.63, 3.8) is 0 Å². The van der Waals surface area contributed by atoms with Crippen LogP contribution in [-0.2, 0) is 6.54 Å². The lowest BCUT2D eigenvalue weighted by Crippen LogP contribution is -2.45. The van der Waals surface area contributed by atoms with Crippen molar-refractivity contribution in [2.24, 2.45) is 4.99 Å².